The minimum absolute atomic E-state index is 0.215. The zero-order valence-corrected chi connectivity index (χ0v) is 10.3. The highest BCUT2D eigenvalue weighted by atomic mass is 14.9. The summed E-state index contributed by atoms with van der Waals surface area (Å²) in [6.45, 7) is 7.62. The van der Waals surface area contributed by atoms with Gasteiger partial charge in [0.1, 0.15) is 0 Å². The lowest BCUT2D eigenvalue weighted by Gasteiger charge is -2.24. The topological polar surface area (TPSA) is 27.8 Å². The van der Waals surface area contributed by atoms with Gasteiger partial charge in [-0.1, -0.05) is 13.0 Å². The smallest absolute Gasteiger partial charge is 0.0454 e. The molecule has 0 saturated carbocycles. The number of benzene rings is 1. The van der Waals surface area contributed by atoms with Gasteiger partial charge in [-0.3, -0.25) is 0 Å². The van der Waals surface area contributed by atoms with Gasteiger partial charge in [0.25, 0.3) is 0 Å². The second-order valence-corrected chi connectivity index (χ2v) is 4.99. The summed E-state index contributed by atoms with van der Waals surface area (Å²) in [7, 11) is 0. The molecule has 2 aromatic rings. The van der Waals surface area contributed by atoms with Gasteiger partial charge in [-0.2, -0.15) is 0 Å². The quantitative estimate of drug-likeness (QED) is 0.805. The molecule has 0 amide bonds. The summed E-state index contributed by atoms with van der Waals surface area (Å²) in [6.07, 6.45) is 3.12. The van der Waals surface area contributed by atoms with Crippen molar-refractivity contribution in [1.82, 2.24) is 10.3 Å². The second kappa shape index (κ2) is 4.30. The molecule has 0 bridgehead atoms. The van der Waals surface area contributed by atoms with Crippen molar-refractivity contribution >= 4 is 10.9 Å². The molecular formula is C14H20N2. The number of nitrogens with one attached hydrogen (secondary N) is 2. The molecule has 0 unspecified atom stereocenters. The fraction of sp³-hybridized carbons (Fsp3) is 0.429. The van der Waals surface area contributed by atoms with E-state index in [9.17, 15) is 0 Å². The van der Waals surface area contributed by atoms with E-state index < -0.39 is 0 Å². The average Bonchev–Trinajstić information content (AvgIpc) is 2.73. The normalized spacial score (nSPS) is 12.2. The Labute approximate surface area is 97.1 Å². The molecule has 0 atom stereocenters. The first-order chi connectivity index (χ1) is 7.61. The van der Waals surface area contributed by atoms with Crippen LogP contribution in [0.25, 0.3) is 10.9 Å². The van der Waals surface area contributed by atoms with Crippen LogP contribution in [0.2, 0.25) is 0 Å². The van der Waals surface area contributed by atoms with E-state index in [1.807, 2.05) is 6.20 Å². The van der Waals surface area contributed by atoms with Crippen molar-refractivity contribution in [3.63, 3.8) is 0 Å². The fourth-order valence-corrected chi connectivity index (χ4v) is 1.68. The number of aromatic amines is 1. The zero-order valence-electron chi connectivity index (χ0n) is 10.3. The Hall–Kier alpha value is -1.28. The molecule has 2 heteroatoms. The van der Waals surface area contributed by atoms with Gasteiger partial charge in [0.2, 0.25) is 0 Å². The summed E-state index contributed by atoms with van der Waals surface area (Å²) in [5.41, 5.74) is 2.76. The Morgan fingerprint density at radius 1 is 1.25 bits per heavy atom. The Balaban J connectivity index is 2.09. The van der Waals surface area contributed by atoms with Gasteiger partial charge in [-0.05, 0) is 49.4 Å². The maximum Gasteiger partial charge on any atom is 0.0454 e. The number of hydrogen-bond donors (Lipinski definition) is 2. The molecule has 1 aromatic heterocycles. The zero-order chi connectivity index (χ0) is 11.6. The van der Waals surface area contributed by atoms with Gasteiger partial charge in [0.15, 0.2) is 0 Å². The molecule has 0 aliphatic carbocycles. The maximum absolute atomic E-state index is 3.57. The third kappa shape index (κ3) is 2.45. The Bertz CT molecular complexity index is 468. The van der Waals surface area contributed by atoms with E-state index in [-0.39, 0.29) is 5.54 Å². The second-order valence-electron chi connectivity index (χ2n) is 4.99. The highest BCUT2D eigenvalue weighted by Crippen LogP contribution is 2.15. The highest BCUT2D eigenvalue weighted by molar-refractivity contribution is 5.79. The molecule has 2 rings (SSSR count). The molecule has 0 saturated heterocycles. The van der Waals surface area contributed by atoms with Crippen LogP contribution in [0.5, 0.6) is 0 Å². The number of H-pyrrole nitrogens is 1. The maximum atomic E-state index is 3.57. The van der Waals surface area contributed by atoms with Crippen molar-refractivity contribution in [2.45, 2.75) is 39.3 Å². The molecule has 16 heavy (non-hydrogen) atoms. The van der Waals surface area contributed by atoms with Gasteiger partial charge in [-0.25, -0.2) is 0 Å². The molecular weight excluding hydrogens is 196 g/mol. The molecule has 0 fully saturated rings. The fourth-order valence-electron chi connectivity index (χ4n) is 1.68. The lowest BCUT2D eigenvalue weighted by Crippen LogP contribution is -2.37. The standard InChI is InChI=1S/C14H20N2/c1-4-14(2,3)16-10-11-5-6-13-12(9-11)7-8-15-13/h5-9,15-16H,4,10H2,1-3H3. The molecule has 2 N–H and O–H groups in total. The summed E-state index contributed by atoms with van der Waals surface area (Å²) < 4.78 is 0. The SMILES string of the molecule is CCC(C)(C)NCc1ccc2[nH]ccc2c1. The molecule has 0 aliphatic heterocycles. The van der Waals surface area contributed by atoms with E-state index in [2.05, 4.69) is 55.3 Å². The third-order valence-electron chi connectivity index (χ3n) is 3.27. The van der Waals surface area contributed by atoms with Crippen molar-refractivity contribution in [2.24, 2.45) is 0 Å². The number of aromatic nitrogens is 1. The highest BCUT2D eigenvalue weighted by Gasteiger charge is 2.13. The first-order valence-electron chi connectivity index (χ1n) is 5.92. The molecule has 0 spiro atoms. The number of hydrogen-bond acceptors (Lipinski definition) is 1. The lowest BCUT2D eigenvalue weighted by molar-refractivity contribution is 0.374. The van der Waals surface area contributed by atoms with Crippen LogP contribution in [0.15, 0.2) is 30.5 Å². The Morgan fingerprint density at radius 2 is 2.06 bits per heavy atom. The van der Waals surface area contributed by atoms with Crippen molar-refractivity contribution < 1.29 is 0 Å². The monoisotopic (exact) mass is 216 g/mol. The number of rotatable bonds is 4. The van der Waals surface area contributed by atoms with Crippen molar-refractivity contribution in [1.29, 1.82) is 0 Å². The van der Waals surface area contributed by atoms with Crippen molar-refractivity contribution in [3.8, 4) is 0 Å². The summed E-state index contributed by atoms with van der Waals surface area (Å²) in [5.74, 6) is 0. The van der Waals surface area contributed by atoms with E-state index in [4.69, 9.17) is 0 Å². The predicted octanol–water partition coefficient (Wildman–Crippen LogP) is 3.45. The summed E-state index contributed by atoms with van der Waals surface area (Å²) >= 11 is 0. The molecule has 0 aliphatic rings. The third-order valence-corrected chi connectivity index (χ3v) is 3.27. The average molecular weight is 216 g/mol. The Morgan fingerprint density at radius 3 is 2.81 bits per heavy atom. The lowest BCUT2D eigenvalue weighted by atomic mass is 10.0. The van der Waals surface area contributed by atoms with Crippen LogP contribution >= 0.6 is 0 Å². The summed E-state index contributed by atoms with van der Waals surface area (Å²) in [4.78, 5) is 3.21. The minimum Gasteiger partial charge on any atom is -0.361 e. The molecule has 1 heterocycles. The van der Waals surface area contributed by atoms with Crippen LogP contribution < -0.4 is 5.32 Å². The van der Waals surface area contributed by atoms with Gasteiger partial charge in [0.05, 0.1) is 0 Å². The Kier molecular flexibility index (Phi) is 3.01. The van der Waals surface area contributed by atoms with Crippen LogP contribution in [0.4, 0.5) is 0 Å². The summed E-state index contributed by atoms with van der Waals surface area (Å²) in [6, 6.07) is 8.68. The number of fused-ring (bicyclic) bond motifs is 1. The molecule has 0 radical (unpaired) electrons. The van der Waals surface area contributed by atoms with Crippen LogP contribution in [0.3, 0.4) is 0 Å². The van der Waals surface area contributed by atoms with Crippen LogP contribution in [-0.4, -0.2) is 10.5 Å². The van der Waals surface area contributed by atoms with Crippen LogP contribution in [-0.2, 0) is 6.54 Å². The minimum atomic E-state index is 0.215. The molecule has 2 nitrogen and oxygen atoms in total. The van der Waals surface area contributed by atoms with E-state index in [1.165, 1.54) is 16.5 Å². The van der Waals surface area contributed by atoms with Crippen LogP contribution in [0.1, 0.15) is 32.8 Å². The van der Waals surface area contributed by atoms with Gasteiger partial charge >= 0.3 is 0 Å². The van der Waals surface area contributed by atoms with Crippen molar-refractivity contribution in [3.05, 3.63) is 36.0 Å². The summed E-state index contributed by atoms with van der Waals surface area (Å²) in [5, 5.41) is 4.86. The molecule has 1 aromatic carbocycles. The first kappa shape index (κ1) is 11.2. The predicted molar refractivity (Wildman–Crippen MR) is 69.5 cm³/mol. The van der Waals surface area contributed by atoms with E-state index >= 15 is 0 Å². The van der Waals surface area contributed by atoms with Crippen LogP contribution in [0, 0.1) is 0 Å². The molecule has 86 valence electrons. The van der Waals surface area contributed by atoms with Gasteiger partial charge in [0, 0.05) is 23.8 Å². The van der Waals surface area contributed by atoms with Gasteiger partial charge in [-0.15, -0.1) is 0 Å². The first-order valence-corrected chi connectivity index (χ1v) is 5.92. The van der Waals surface area contributed by atoms with E-state index in [0.29, 0.717) is 0 Å². The largest absolute Gasteiger partial charge is 0.361 e. The van der Waals surface area contributed by atoms with Gasteiger partial charge < -0.3 is 10.3 Å². The van der Waals surface area contributed by atoms with E-state index in [0.717, 1.165) is 13.0 Å². The van der Waals surface area contributed by atoms with E-state index in [1.54, 1.807) is 0 Å². The van der Waals surface area contributed by atoms with Crippen molar-refractivity contribution in [2.75, 3.05) is 0 Å².